The first kappa shape index (κ1) is 10.4. The fourth-order valence-corrected chi connectivity index (χ4v) is 2.32. The smallest absolute Gasteiger partial charge is 0.0769 e. The van der Waals surface area contributed by atoms with E-state index in [1.807, 2.05) is 12.3 Å². The molecule has 0 amide bonds. The van der Waals surface area contributed by atoms with Crippen molar-refractivity contribution in [2.75, 3.05) is 17.2 Å². The van der Waals surface area contributed by atoms with Crippen molar-refractivity contribution in [2.45, 2.75) is 25.8 Å². The van der Waals surface area contributed by atoms with Crippen LogP contribution in [0.5, 0.6) is 0 Å². The number of hydrogen-bond acceptors (Lipinski definition) is 3. The van der Waals surface area contributed by atoms with Gasteiger partial charge in [0.1, 0.15) is 0 Å². The maximum atomic E-state index is 4.48. The first-order valence-corrected chi connectivity index (χ1v) is 6.05. The minimum atomic E-state index is 0.113. The molecule has 2 aromatic rings. The molecule has 2 N–H and O–H groups in total. The Balaban J connectivity index is 2.23. The minimum Gasteiger partial charge on any atom is -0.382 e. The van der Waals surface area contributed by atoms with Gasteiger partial charge < -0.3 is 10.6 Å². The Labute approximate surface area is 101 Å². The summed E-state index contributed by atoms with van der Waals surface area (Å²) in [5.41, 5.74) is 3.44. The molecule has 1 aromatic heterocycles. The van der Waals surface area contributed by atoms with E-state index >= 15 is 0 Å². The van der Waals surface area contributed by atoms with Crippen LogP contribution in [0.3, 0.4) is 0 Å². The van der Waals surface area contributed by atoms with Crippen molar-refractivity contribution >= 4 is 22.3 Å². The lowest BCUT2D eigenvalue weighted by Gasteiger charge is -2.25. The van der Waals surface area contributed by atoms with Crippen LogP contribution in [0.25, 0.3) is 10.9 Å². The van der Waals surface area contributed by atoms with Crippen molar-refractivity contribution in [1.29, 1.82) is 0 Å². The van der Waals surface area contributed by atoms with E-state index in [1.54, 1.807) is 0 Å². The number of hydrogen-bond donors (Lipinski definition) is 2. The molecular weight excluding hydrogens is 210 g/mol. The number of nitrogens with one attached hydrogen (secondary N) is 2. The van der Waals surface area contributed by atoms with E-state index in [0.717, 1.165) is 24.2 Å². The summed E-state index contributed by atoms with van der Waals surface area (Å²) in [4.78, 5) is 4.48. The van der Waals surface area contributed by atoms with Gasteiger partial charge in [-0.1, -0.05) is 18.2 Å². The summed E-state index contributed by atoms with van der Waals surface area (Å²) in [7, 11) is 0. The lowest BCUT2D eigenvalue weighted by atomic mass is 10.0. The van der Waals surface area contributed by atoms with Gasteiger partial charge >= 0.3 is 0 Å². The van der Waals surface area contributed by atoms with Gasteiger partial charge in [0.15, 0.2) is 0 Å². The second-order valence-electron chi connectivity index (χ2n) is 5.25. The zero-order valence-corrected chi connectivity index (χ0v) is 10.2. The molecule has 0 aliphatic carbocycles. The van der Waals surface area contributed by atoms with Gasteiger partial charge in [0.05, 0.1) is 23.1 Å². The fourth-order valence-electron chi connectivity index (χ4n) is 2.32. The molecule has 88 valence electrons. The number of benzene rings is 1. The van der Waals surface area contributed by atoms with Crippen molar-refractivity contribution < 1.29 is 0 Å². The zero-order chi connectivity index (χ0) is 11.9. The first-order valence-electron chi connectivity index (χ1n) is 6.05. The molecule has 0 atom stereocenters. The number of fused-ring (bicyclic) bond motifs is 3. The molecule has 0 fully saturated rings. The maximum Gasteiger partial charge on any atom is 0.0769 e. The van der Waals surface area contributed by atoms with E-state index < -0.39 is 0 Å². The molecule has 0 bridgehead atoms. The Hall–Kier alpha value is -1.77. The van der Waals surface area contributed by atoms with E-state index in [-0.39, 0.29) is 5.54 Å². The molecule has 2 heterocycles. The summed E-state index contributed by atoms with van der Waals surface area (Å²) in [5, 5.41) is 8.27. The molecule has 3 heteroatoms. The number of aromatic nitrogens is 1. The van der Waals surface area contributed by atoms with Crippen LogP contribution < -0.4 is 10.6 Å². The molecule has 3 nitrogen and oxygen atoms in total. The third kappa shape index (κ3) is 1.82. The van der Waals surface area contributed by atoms with Crippen LogP contribution in [-0.2, 0) is 0 Å². The second-order valence-corrected chi connectivity index (χ2v) is 5.25. The van der Waals surface area contributed by atoms with Crippen molar-refractivity contribution in [1.82, 2.24) is 4.98 Å². The Kier molecular flexibility index (Phi) is 2.21. The molecule has 3 rings (SSSR count). The molecule has 17 heavy (non-hydrogen) atoms. The summed E-state index contributed by atoms with van der Waals surface area (Å²) in [6.07, 6.45) is 3.02. The number of pyridine rings is 1. The number of anilines is 2. The summed E-state index contributed by atoms with van der Waals surface area (Å²) >= 11 is 0. The van der Waals surface area contributed by atoms with Crippen LogP contribution in [0.4, 0.5) is 11.4 Å². The predicted octanol–water partition coefficient (Wildman–Crippen LogP) is 3.24. The minimum absolute atomic E-state index is 0.113. The van der Waals surface area contributed by atoms with Gasteiger partial charge in [-0.25, -0.2) is 0 Å². The monoisotopic (exact) mass is 227 g/mol. The van der Waals surface area contributed by atoms with Gasteiger partial charge in [-0.3, -0.25) is 4.98 Å². The zero-order valence-electron chi connectivity index (χ0n) is 10.2. The Morgan fingerprint density at radius 2 is 2.06 bits per heavy atom. The number of nitrogens with zero attached hydrogens (tertiary/aromatic N) is 1. The lowest BCUT2D eigenvalue weighted by molar-refractivity contribution is 0.541. The SMILES string of the molecule is CC1(C)CCNc2cnc3ccccc3c2N1. The highest BCUT2D eigenvalue weighted by molar-refractivity contribution is 5.98. The van der Waals surface area contributed by atoms with Gasteiger partial charge in [0.2, 0.25) is 0 Å². The number of para-hydroxylation sites is 1. The summed E-state index contributed by atoms with van der Waals surface area (Å²) in [5.74, 6) is 0. The van der Waals surface area contributed by atoms with Gasteiger partial charge in [0.25, 0.3) is 0 Å². The van der Waals surface area contributed by atoms with Crippen molar-refractivity contribution in [3.05, 3.63) is 30.5 Å². The summed E-state index contributed by atoms with van der Waals surface area (Å²) in [6.45, 7) is 5.45. The van der Waals surface area contributed by atoms with E-state index in [4.69, 9.17) is 0 Å². The summed E-state index contributed by atoms with van der Waals surface area (Å²) in [6, 6.07) is 8.26. The maximum absolute atomic E-state index is 4.48. The van der Waals surface area contributed by atoms with Crippen LogP contribution in [0.1, 0.15) is 20.3 Å². The highest BCUT2D eigenvalue weighted by Gasteiger charge is 2.23. The Morgan fingerprint density at radius 1 is 1.24 bits per heavy atom. The van der Waals surface area contributed by atoms with Crippen LogP contribution in [0.15, 0.2) is 30.5 Å². The second kappa shape index (κ2) is 3.62. The number of rotatable bonds is 0. The van der Waals surface area contributed by atoms with Crippen molar-refractivity contribution in [3.63, 3.8) is 0 Å². The van der Waals surface area contributed by atoms with Crippen LogP contribution in [-0.4, -0.2) is 17.1 Å². The van der Waals surface area contributed by atoms with Crippen LogP contribution in [0, 0.1) is 0 Å². The van der Waals surface area contributed by atoms with Crippen LogP contribution in [0.2, 0.25) is 0 Å². The van der Waals surface area contributed by atoms with Crippen molar-refractivity contribution in [2.24, 2.45) is 0 Å². The Morgan fingerprint density at radius 3 is 2.94 bits per heavy atom. The third-order valence-corrected chi connectivity index (χ3v) is 3.30. The van der Waals surface area contributed by atoms with Gasteiger partial charge in [-0.2, -0.15) is 0 Å². The molecule has 1 aromatic carbocycles. The Bertz CT molecular complexity index is 560. The molecule has 1 aliphatic heterocycles. The highest BCUT2D eigenvalue weighted by Crippen LogP contribution is 2.34. The van der Waals surface area contributed by atoms with Gasteiger partial charge in [-0.15, -0.1) is 0 Å². The van der Waals surface area contributed by atoms with Gasteiger partial charge in [0, 0.05) is 17.5 Å². The van der Waals surface area contributed by atoms with E-state index in [0.29, 0.717) is 0 Å². The predicted molar refractivity (Wildman–Crippen MR) is 72.6 cm³/mol. The van der Waals surface area contributed by atoms with Crippen LogP contribution >= 0.6 is 0 Å². The standard InChI is InChI=1S/C14H17N3/c1-14(2)7-8-15-12-9-16-11-6-4-3-5-10(11)13(12)17-14/h3-6,9,15,17H,7-8H2,1-2H3. The molecular formula is C14H17N3. The lowest BCUT2D eigenvalue weighted by Crippen LogP contribution is -2.30. The molecule has 1 aliphatic rings. The normalized spacial score (nSPS) is 17.8. The van der Waals surface area contributed by atoms with E-state index in [9.17, 15) is 0 Å². The molecule has 0 spiro atoms. The topological polar surface area (TPSA) is 37.0 Å². The largest absolute Gasteiger partial charge is 0.382 e. The third-order valence-electron chi connectivity index (χ3n) is 3.30. The fraction of sp³-hybridized carbons (Fsp3) is 0.357. The molecule has 0 saturated heterocycles. The van der Waals surface area contributed by atoms with Gasteiger partial charge in [-0.05, 0) is 26.3 Å². The van der Waals surface area contributed by atoms with Crippen molar-refractivity contribution in [3.8, 4) is 0 Å². The average Bonchev–Trinajstić information content (AvgIpc) is 2.46. The van der Waals surface area contributed by atoms with E-state index in [1.165, 1.54) is 11.1 Å². The molecule has 0 saturated carbocycles. The molecule has 0 radical (unpaired) electrons. The average molecular weight is 227 g/mol. The highest BCUT2D eigenvalue weighted by atomic mass is 15.0. The summed E-state index contributed by atoms with van der Waals surface area (Å²) < 4.78 is 0. The quantitative estimate of drug-likeness (QED) is 0.725. The van der Waals surface area contributed by atoms with E-state index in [2.05, 4.69) is 47.7 Å². The molecule has 0 unspecified atom stereocenters. The first-order chi connectivity index (χ1) is 8.16.